The normalized spacial score (nSPS) is 10.4. The Morgan fingerprint density at radius 1 is 1.19 bits per heavy atom. The van der Waals surface area contributed by atoms with Crippen LogP contribution in [-0.2, 0) is 0 Å². The summed E-state index contributed by atoms with van der Waals surface area (Å²) in [5.41, 5.74) is 5.60. The van der Waals surface area contributed by atoms with Crippen LogP contribution < -0.4 is 5.73 Å². The molecule has 1 aromatic heterocycles. The lowest BCUT2D eigenvalue weighted by atomic mass is 10.1. The fourth-order valence-corrected chi connectivity index (χ4v) is 1.56. The largest absolute Gasteiger partial charge is 0.396 e. The molecule has 1 aromatic carbocycles. The van der Waals surface area contributed by atoms with Gasteiger partial charge in [0.15, 0.2) is 5.82 Å². The third-order valence-electron chi connectivity index (χ3n) is 2.10. The minimum absolute atomic E-state index is 0.0711. The van der Waals surface area contributed by atoms with Gasteiger partial charge in [0.25, 0.3) is 0 Å². The van der Waals surface area contributed by atoms with Crippen LogP contribution in [-0.4, -0.2) is 4.98 Å². The summed E-state index contributed by atoms with van der Waals surface area (Å²) in [6.45, 7) is 0. The molecule has 0 saturated carbocycles. The van der Waals surface area contributed by atoms with Gasteiger partial charge < -0.3 is 5.73 Å². The zero-order chi connectivity index (χ0) is 11.7. The molecule has 0 unspecified atom stereocenters. The van der Waals surface area contributed by atoms with Crippen LogP contribution in [0.25, 0.3) is 11.1 Å². The molecule has 0 radical (unpaired) electrons. The molecule has 2 aromatic rings. The number of nitrogens with zero attached hydrogens (tertiary/aromatic N) is 1. The van der Waals surface area contributed by atoms with E-state index in [9.17, 15) is 8.78 Å². The summed E-state index contributed by atoms with van der Waals surface area (Å²) in [5.74, 6) is -1.26. The van der Waals surface area contributed by atoms with Gasteiger partial charge in [-0.25, -0.2) is 13.8 Å². The van der Waals surface area contributed by atoms with Gasteiger partial charge in [-0.05, 0) is 29.8 Å². The molecule has 5 heteroatoms. The maximum atomic E-state index is 13.6. The van der Waals surface area contributed by atoms with Gasteiger partial charge in [-0.3, -0.25) is 0 Å². The van der Waals surface area contributed by atoms with Crippen molar-refractivity contribution in [1.29, 1.82) is 0 Å². The predicted octanol–water partition coefficient (Wildman–Crippen LogP) is 3.26. The van der Waals surface area contributed by atoms with Crippen LogP contribution in [0.3, 0.4) is 0 Å². The molecule has 0 bridgehead atoms. The molecular weight excluding hydrogens is 234 g/mol. The number of rotatable bonds is 1. The van der Waals surface area contributed by atoms with Crippen LogP contribution in [0.1, 0.15) is 0 Å². The molecule has 16 heavy (non-hydrogen) atoms. The number of hydrogen-bond donors (Lipinski definition) is 1. The fourth-order valence-electron chi connectivity index (χ4n) is 1.39. The van der Waals surface area contributed by atoms with E-state index in [0.29, 0.717) is 5.56 Å². The van der Waals surface area contributed by atoms with Crippen molar-refractivity contribution in [1.82, 2.24) is 4.98 Å². The molecule has 0 aliphatic carbocycles. The lowest BCUT2D eigenvalue weighted by Crippen LogP contribution is -1.95. The second kappa shape index (κ2) is 4.06. The molecule has 0 saturated heterocycles. The number of anilines is 1. The van der Waals surface area contributed by atoms with Crippen LogP contribution >= 0.6 is 11.6 Å². The minimum atomic E-state index is -0.663. The van der Waals surface area contributed by atoms with Crippen LogP contribution in [0.15, 0.2) is 30.5 Å². The van der Waals surface area contributed by atoms with Crippen LogP contribution in [0, 0.1) is 11.6 Å². The molecule has 2 nitrogen and oxygen atoms in total. The molecule has 0 amide bonds. The Bertz CT molecular complexity index is 544. The van der Waals surface area contributed by atoms with E-state index in [4.69, 9.17) is 17.3 Å². The van der Waals surface area contributed by atoms with E-state index in [1.54, 1.807) is 0 Å². The number of aromatic nitrogens is 1. The van der Waals surface area contributed by atoms with E-state index >= 15 is 0 Å². The summed E-state index contributed by atoms with van der Waals surface area (Å²) < 4.78 is 26.7. The van der Waals surface area contributed by atoms with E-state index in [1.807, 2.05) is 0 Å². The number of nitrogen functional groups attached to an aromatic ring is 1. The van der Waals surface area contributed by atoms with Crippen molar-refractivity contribution in [3.8, 4) is 11.1 Å². The highest BCUT2D eigenvalue weighted by Gasteiger charge is 2.11. The Kier molecular flexibility index (Phi) is 2.75. The number of hydrogen-bond acceptors (Lipinski definition) is 2. The lowest BCUT2D eigenvalue weighted by Gasteiger charge is -2.06. The maximum absolute atomic E-state index is 13.6. The number of pyridine rings is 1. The SMILES string of the molecule is Nc1cc(F)cc(-c2ccnc(Cl)c2)c1F. The third-order valence-corrected chi connectivity index (χ3v) is 2.31. The second-order valence-corrected chi connectivity index (χ2v) is 3.61. The van der Waals surface area contributed by atoms with Gasteiger partial charge in [0, 0.05) is 11.8 Å². The summed E-state index contributed by atoms with van der Waals surface area (Å²) in [4.78, 5) is 3.76. The van der Waals surface area contributed by atoms with Crippen molar-refractivity contribution < 1.29 is 8.78 Å². The molecule has 82 valence electrons. The number of nitrogens with two attached hydrogens (primary N) is 1. The standard InChI is InChI=1S/C11H7ClF2N2/c12-10-3-6(1-2-16-10)8-4-7(13)5-9(15)11(8)14/h1-5H,15H2. The van der Waals surface area contributed by atoms with Gasteiger partial charge in [0.2, 0.25) is 0 Å². The average Bonchev–Trinajstić information content (AvgIpc) is 2.23. The molecule has 0 aliphatic heterocycles. The minimum Gasteiger partial charge on any atom is -0.396 e. The fraction of sp³-hybridized carbons (Fsp3) is 0. The highest BCUT2D eigenvalue weighted by molar-refractivity contribution is 6.29. The first-order chi connectivity index (χ1) is 7.58. The zero-order valence-corrected chi connectivity index (χ0v) is 8.80. The molecule has 0 spiro atoms. The Morgan fingerprint density at radius 2 is 1.94 bits per heavy atom. The summed E-state index contributed by atoms with van der Waals surface area (Å²) >= 11 is 5.67. The highest BCUT2D eigenvalue weighted by atomic mass is 35.5. The van der Waals surface area contributed by atoms with Gasteiger partial charge in [-0.2, -0.15) is 0 Å². The lowest BCUT2D eigenvalue weighted by molar-refractivity contribution is 0.607. The monoisotopic (exact) mass is 240 g/mol. The maximum Gasteiger partial charge on any atom is 0.154 e. The average molecular weight is 241 g/mol. The number of benzene rings is 1. The smallest absolute Gasteiger partial charge is 0.154 e. The topological polar surface area (TPSA) is 38.9 Å². The van der Waals surface area contributed by atoms with Crippen molar-refractivity contribution in [2.45, 2.75) is 0 Å². The molecule has 0 aliphatic rings. The van der Waals surface area contributed by atoms with Crippen LogP contribution in [0.5, 0.6) is 0 Å². The molecule has 2 rings (SSSR count). The van der Waals surface area contributed by atoms with Crippen molar-refractivity contribution in [3.05, 3.63) is 47.2 Å². The first kappa shape index (κ1) is 10.8. The number of halogens is 3. The molecule has 1 heterocycles. The summed E-state index contributed by atoms with van der Waals surface area (Å²) in [7, 11) is 0. The molecular formula is C11H7ClF2N2. The van der Waals surface area contributed by atoms with E-state index in [2.05, 4.69) is 4.98 Å². The molecule has 2 N–H and O–H groups in total. The van der Waals surface area contributed by atoms with Crippen molar-refractivity contribution in [3.63, 3.8) is 0 Å². The van der Waals surface area contributed by atoms with E-state index in [0.717, 1.165) is 12.1 Å². The summed E-state index contributed by atoms with van der Waals surface area (Å²) in [6.07, 6.45) is 1.41. The van der Waals surface area contributed by atoms with Gasteiger partial charge in [-0.1, -0.05) is 11.6 Å². The van der Waals surface area contributed by atoms with Crippen molar-refractivity contribution in [2.24, 2.45) is 0 Å². The quantitative estimate of drug-likeness (QED) is 0.614. The zero-order valence-electron chi connectivity index (χ0n) is 8.05. The van der Waals surface area contributed by atoms with Gasteiger partial charge in [0.05, 0.1) is 5.69 Å². The van der Waals surface area contributed by atoms with Crippen molar-refractivity contribution >= 4 is 17.3 Å². The van der Waals surface area contributed by atoms with Gasteiger partial charge in [0.1, 0.15) is 11.0 Å². The Labute approximate surface area is 95.7 Å². The van der Waals surface area contributed by atoms with Crippen LogP contribution in [0.2, 0.25) is 5.15 Å². The van der Waals surface area contributed by atoms with E-state index in [-0.39, 0.29) is 16.4 Å². The Hall–Kier alpha value is -1.68. The van der Waals surface area contributed by atoms with Gasteiger partial charge in [-0.15, -0.1) is 0 Å². The Balaban J connectivity index is 2.64. The third kappa shape index (κ3) is 1.97. The molecule has 0 fully saturated rings. The first-order valence-electron chi connectivity index (χ1n) is 4.44. The van der Waals surface area contributed by atoms with Crippen LogP contribution in [0.4, 0.5) is 14.5 Å². The summed E-state index contributed by atoms with van der Waals surface area (Å²) in [6, 6.07) is 4.97. The van der Waals surface area contributed by atoms with Crippen molar-refractivity contribution in [2.75, 3.05) is 5.73 Å². The highest BCUT2D eigenvalue weighted by Crippen LogP contribution is 2.28. The van der Waals surface area contributed by atoms with E-state index < -0.39 is 11.6 Å². The molecule has 0 atom stereocenters. The first-order valence-corrected chi connectivity index (χ1v) is 4.82. The second-order valence-electron chi connectivity index (χ2n) is 3.22. The van der Waals surface area contributed by atoms with Gasteiger partial charge >= 0.3 is 0 Å². The summed E-state index contributed by atoms with van der Waals surface area (Å²) in [5, 5.41) is 0.208. The predicted molar refractivity (Wildman–Crippen MR) is 59.0 cm³/mol. The Morgan fingerprint density at radius 3 is 2.62 bits per heavy atom. The van der Waals surface area contributed by atoms with E-state index in [1.165, 1.54) is 18.3 Å².